The van der Waals surface area contributed by atoms with E-state index in [9.17, 15) is 13.2 Å². The number of ether oxygens (including phenoxy) is 1. The molecule has 0 radical (unpaired) electrons. The lowest BCUT2D eigenvalue weighted by molar-refractivity contribution is -0.134. The van der Waals surface area contributed by atoms with Crippen molar-refractivity contribution < 1.29 is 22.5 Å². The average Bonchev–Trinajstić information content (AvgIpc) is 2.66. The fourth-order valence-corrected chi connectivity index (χ4v) is 3.76. The third kappa shape index (κ3) is 11.9. The predicted molar refractivity (Wildman–Crippen MR) is 117 cm³/mol. The van der Waals surface area contributed by atoms with Gasteiger partial charge in [0.1, 0.15) is 0 Å². The topological polar surface area (TPSA) is 107 Å². The second-order valence-corrected chi connectivity index (χ2v) is 9.06. The number of esters is 1. The minimum Gasteiger partial charge on any atom is -0.424 e. The molecular weight excluding hydrogens is 390 g/mol. The second kappa shape index (κ2) is 14.4. The normalized spacial score (nSPS) is 11.5. The third-order valence-corrected chi connectivity index (χ3v) is 5.84. The van der Waals surface area contributed by atoms with Crippen LogP contribution in [0, 0.1) is 0 Å². The smallest absolute Gasteiger partial charge is 0.311 e. The number of carbonyl (C=O) groups excluding carboxylic acids is 1. The molecule has 0 fully saturated rings. The van der Waals surface area contributed by atoms with E-state index in [4.69, 9.17) is 15.0 Å². The second-order valence-electron chi connectivity index (χ2n) is 7.64. The van der Waals surface area contributed by atoms with Crippen LogP contribution in [0.25, 0.3) is 0 Å². The lowest BCUT2D eigenvalue weighted by Crippen LogP contribution is -2.09. The highest BCUT2D eigenvalue weighted by atomic mass is 32.2. The van der Waals surface area contributed by atoms with Crippen molar-refractivity contribution in [1.82, 2.24) is 0 Å². The SMILES string of the molecule is CCCCCCCCCCCCCCCC(=O)Oc1ccc(S(=O)(=O)O)cc1N. The summed E-state index contributed by atoms with van der Waals surface area (Å²) in [4.78, 5) is 11.6. The number of benzene rings is 1. The maximum absolute atomic E-state index is 11.9. The van der Waals surface area contributed by atoms with Gasteiger partial charge in [-0.15, -0.1) is 0 Å². The Kier molecular flexibility index (Phi) is 12.6. The maximum Gasteiger partial charge on any atom is 0.311 e. The van der Waals surface area contributed by atoms with Crippen molar-refractivity contribution >= 4 is 21.8 Å². The zero-order valence-corrected chi connectivity index (χ0v) is 18.5. The van der Waals surface area contributed by atoms with Gasteiger partial charge in [0, 0.05) is 6.42 Å². The third-order valence-electron chi connectivity index (χ3n) is 4.99. The summed E-state index contributed by atoms with van der Waals surface area (Å²) >= 11 is 0. The summed E-state index contributed by atoms with van der Waals surface area (Å²) in [5.41, 5.74) is 5.69. The lowest BCUT2D eigenvalue weighted by atomic mass is 10.0. The number of nitrogens with two attached hydrogens (primary N) is 1. The quantitative estimate of drug-likeness (QED) is 0.112. The van der Waals surface area contributed by atoms with Crippen molar-refractivity contribution in [3.8, 4) is 5.75 Å². The van der Waals surface area contributed by atoms with Gasteiger partial charge in [-0.3, -0.25) is 9.35 Å². The molecule has 1 rings (SSSR count). The van der Waals surface area contributed by atoms with Gasteiger partial charge in [0.15, 0.2) is 5.75 Å². The fourth-order valence-electron chi connectivity index (χ4n) is 3.24. The van der Waals surface area contributed by atoms with E-state index in [1.54, 1.807) is 0 Å². The van der Waals surface area contributed by atoms with Crippen LogP contribution in [0.2, 0.25) is 0 Å². The number of rotatable bonds is 16. The van der Waals surface area contributed by atoms with Gasteiger partial charge in [-0.1, -0.05) is 84.0 Å². The first-order valence-corrected chi connectivity index (χ1v) is 12.4. The largest absolute Gasteiger partial charge is 0.424 e. The molecule has 0 bridgehead atoms. The van der Waals surface area contributed by atoms with Gasteiger partial charge >= 0.3 is 5.97 Å². The maximum atomic E-state index is 11.9. The highest BCUT2D eigenvalue weighted by Gasteiger charge is 2.14. The standard InChI is InChI=1S/C22H37NO5S/c1-2-3-4-5-6-7-8-9-10-11-12-13-14-15-22(24)28-21-17-16-19(18-20(21)23)29(25,26)27/h16-18H,2-15,23H2,1H3,(H,25,26,27). The van der Waals surface area contributed by atoms with Gasteiger partial charge < -0.3 is 10.5 Å². The molecule has 1 aromatic carbocycles. The van der Waals surface area contributed by atoms with Crippen molar-refractivity contribution in [3.05, 3.63) is 18.2 Å². The molecule has 0 heterocycles. The van der Waals surface area contributed by atoms with Gasteiger partial charge in [0.05, 0.1) is 10.6 Å². The minimum absolute atomic E-state index is 0.00108. The van der Waals surface area contributed by atoms with Crippen molar-refractivity contribution in [1.29, 1.82) is 0 Å². The van der Waals surface area contributed by atoms with Crippen molar-refractivity contribution in [2.45, 2.75) is 102 Å². The molecule has 0 aliphatic carbocycles. The molecule has 0 aliphatic rings. The number of anilines is 1. The van der Waals surface area contributed by atoms with Crippen molar-refractivity contribution in [2.75, 3.05) is 5.73 Å². The molecule has 0 aliphatic heterocycles. The van der Waals surface area contributed by atoms with Crippen LogP contribution in [0.3, 0.4) is 0 Å². The number of hydrogen-bond donors (Lipinski definition) is 2. The highest BCUT2D eigenvalue weighted by molar-refractivity contribution is 7.85. The Bertz CT molecular complexity index is 703. The number of hydrogen-bond acceptors (Lipinski definition) is 5. The Morgan fingerprint density at radius 2 is 1.38 bits per heavy atom. The molecule has 0 spiro atoms. The molecule has 0 atom stereocenters. The summed E-state index contributed by atoms with van der Waals surface area (Å²) in [5.74, 6) is -0.281. The van der Waals surface area contributed by atoms with E-state index >= 15 is 0 Å². The molecule has 3 N–H and O–H groups in total. The molecule has 0 aromatic heterocycles. The van der Waals surface area contributed by atoms with Crippen molar-refractivity contribution in [3.63, 3.8) is 0 Å². The van der Waals surface area contributed by atoms with E-state index in [0.29, 0.717) is 6.42 Å². The molecule has 6 nitrogen and oxygen atoms in total. The summed E-state index contributed by atoms with van der Waals surface area (Å²) in [6.07, 6.45) is 16.4. The van der Waals surface area contributed by atoms with Crippen LogP contribution in [0.5, 0.6) is 5.75 Å². The summed E-state index contributed by atoms with van der Waals surface area (Å²) in [6.45, 7) is 2.24. The van der Waals surface area contributed by atoms with Gasteiger partial charge in [-0.25, -0.2) is 0 Å². The van der Waals surface area contributed by atoms with Crippen LogP contribution < -0.4 is 10.5 Å². The monoisotopic (exact) mass is 427 g/mol. The molecule has 166 valence electrons. The predicted octanol–water partition coefficient (Wildman–Crippen LogP) is 5.90. The lowest BCUT2D eigenvalue weighted by Gasteiger charge is -2.08. The summed E-state index contributed by atoms with van der Waals surface area (Å²) in [5, 5.41) is 0. The van der Waals surface area contributed by atoms with Gasteiger partial charge in [0.2, 0.25) is 0 Å². The molecule has 7 heteroatoms. The molecule has 0 saturated heterocycles. The molecule has 0 amide bonds. The zero-order valence-electron chi connectivity index (χ0n) is 17.7. The Hall–Kier alpha value is -1.60. The average molecular weight is 428 g/mol. The van der Waals surface area contributed by atoms with E-state index in [1.165, 1.54) is 70.3 Å². The van der Waals surface area contributed by atoms with E-state index in [1.807, 2.05) is 0 Å². The highest BCUT2D eigenvalue weighted by Crippen LogP contribution is 2.25. The molecule has 29 heavy (non-hydrogen) atoms. The van der Waals surface area contributed by atoms with Crippen LogP contribution in [0.1, 0.15) is 96.8 Å². The van der Waals surface area contributed by atoms with Gasteiger partial charge in [-0.2, -0.15) is 8.42 Å². The molecule has 0 unspecified atom stereocenters. The van der Waals surface area contributed by atoms with E-state index < -0.39 is 10.1 Å². The Balaban J connectivity index is 2.06. The number of unbranched alkanes of at least 4 members (excludes halogenated alkanes) is 12. The van der Waals surface area contributed by atoms with Crippen LogP contribution in [0.4, 0.5) is 5.69 Å². The minimum atomic E-state index is -4.33. The summed E-state index contributed by atoms with van der Waals surface area (Å²) in [7, 11) is -4.33. The fraction of sp³-hybridized carbons (Fsp3) is 0.682. The molecule has 1 aromatic rings. The first-order valence-electron chi connectivity index (χ1n) is 10.9. The Labute approximate surface area is 176 Å². The number of nitrogen functional groups attached to an aromatic ring is 1. The Morgan fingerprint density at radius 3 is 1.83 bits per heavy atom. The van der Waals surface area contributed by atoms with Gasteiger partial charge in [0.25, 0.3) is 10.1 Å². The van der Waals surface area contributed by atoms with Gasteiger partial charge in [-0.05, 0) is 24.6 Å². The Morgan fingerprint density at radius 1 is 0.897 bits per heavy atom. The van der Waals surface area contributed by atoms with Crippen LogP contribution in [-0.4, -0.2) is 18.9 Å². The summed E-state index contributed by atoms with van der Waals surface area (Å²) < 4.78 is 36.3. The molecular formula is C22H37NO5S. The van der Waals surface area contributed by atoms with Crippen LogP contribution >= 0.6 is 0 Å². The molecule has 0 saturated carbocycles. The zero-order chi connectivity index (χ0) is 21.5. The van der Waals surface area contributed by atoms with E-state index in [-0.39, 0.29) is 22.3 Å². The van der Waals surface area contributed by atoms with Crippen LogP contribution in [-0.2, 0) is 14.9 Å². The van der Waals surface area contributed by atoms with Crippen LogP contribution in [0.15, 0.2) is 23.1 Å². The van der Waals surface area contributed by atoms with E-state index in [2.05, 4.69) is 6.92 Å². The first-order chi connectivity index (χ1) is 13.8. The number of carbonyl (C=O) groups is 1. The first kappa shape index (κ1) is 25.4. The van der Waals surface area contributed by atoms with E-state index in [0.717, 1.165) is 31.4 Å². The van der Waals surface area contributed by atoms with Crippen molar-refractivity contribution in [2.24, 2.45) is 0 Å². The summed E-state index contributed by atoms with van der Waals surface area (Å²) in [6, 6.07) is 3.50.